The normalized spacial score (nSPS) is 16.2. The maximum atomic E-state index is 12.4. The van der Waals surface area contributed by atoms with E-state index in [-0.39, 0.29) is 35.8 Å². The Kier molecular flexibility index (Phi) is 5.30. The maximum absolute atomic E-state index is 12.4. The van der Waals surface area contributed by atoms with Crippen LogP contribution in [-0.4, -0.2) is 49.7 Å². The number of nitrogens with zero attached hydrogens (tertiary/aromatic N) is 2. The molecule has 130 valence electrons. The largest absolute Gasteiger partial charge is 0.462 e. The van der Waals surface area contributed by atoms with Crippen LogP contribution in [0.15, 0.2) is 0 Å². The van der Waals surface area contributed by atoms with Gasteiger partial charge in [-0.2, -0.15) is 5.10 Å². The molecule has 0 amide bonds. The number of rotatable bonds is 8. The van der Waals surface area contributed by atoms with Gasteiger partial charge in [0.1, 0.15) is 5.56 Å². The van der Waals surface area contributed by atoms with E-state index in [0.717, 1.165) is 12.8 Å². The Morgan fingerprint density at radius 2 is 2.13 bits per heavy atom. The number of carbonyl (C=O) groups excluding carboxylic acids is 1. The number of methoxy groups -OCH3 is 1. The topological polar surface area (TPSA) is 99.5 Å². The van der Waals surface area contributed by atoms with Crippen molar-refractivity contribution in [1.82, 2.24) is 9.78 Å². The Hall–Kier alpha value is -1.61. The minimum absolute atomic E-state index is 0.00546. The third kappa shape index (κ3) is 4.23. The van der Waals surface area contributed by atoms with E-state index in [0.29, 0.717) is 5.69 Å². The van der Waals surface area contributed by atoms with Gasteiger partial charge in [-0.25, -0.2) is 13.2 Å². The summed E-state index contributed by atoms with van der Waals surface area (Å²) in [5, 5.41) is 4.08. The van der Waals surface area contributed by atoms with Crippen molar-refractivity contribution < 1.29 is 22.7 Å². The lowest BCUT2D eigenvalue weighted by atomic mass is 10.2. The first kappa shape index (κ1) is 17.7. The third-order valence-electron chi connectivity index (χ3n) is 3.90. The van der Waals surface area contributed by atoms with Crippen molar-refractivity contribution in [3.05, 3.63) is 11.3 Å². The van der Waals surface area contributed by atoms with E-state index in [9.17, 15) is 13.2 Å². The molecule has 1 aliphatic carbocycles. The maximum Gasteiger partial charge on any atom is 0.343 e. The number of aryl methyl sites for hydroxylation is 1. The first-order valence-electron chi connectivity index (χ1n) is 7.53. The fourth-order valence-electron chi connectivity index (χ4n) is 2.40. The van der Waals surface area contributed by atoms with Crippen molar-refractivity contribution >= 4 is 21.8 Å². The number of aromatic nitrogens is 2. The fraction of sp³-hybridized carbons (Fsp3) is 0.714. The Labute approximate surface area is 136 Å². The highest BCUT2D eigenvalue weighted by Crippen LogP contribution is 2.34. The number of nitrogens with one attached hydrogen (secondary N) is 1. The Bertz CT molecular complexity index is 679. The average molecular weight is 345 g/mol. The summed E-state index contributed by atoms with van der Waals surface area (Å²) in [6, 6.07) is 0. The predicted octanol–water partition coefficient (Wildman–Crippen LogP) is 1.07. The molecule has 0 saturated heterocycles. The van der Waals surface area contributed by atoms with E-state index in [4.69, 9.17) is 9.47 Å². The van der Waals surface area contributed by atoms with E-state index in [2.05, 4.69) is 9.82 Å². The zero-order valence-corrected chi connectivity index (χ0v) is 14.6. The number of hydrogen-bond donors (Lipinski definition) is 1. The second-order valence-corrected chi connectivity index (χ2v) is 7.42. The van der Waals surface area contributed by atoms with Crippen LogP contribution in [0.5, 0.6) is 0 Å². The molecule has 1 heterocycles. The first-order valence-corrected chi connectivity index (χ1v) is 9.18. The van der Waals surface area contributed by atoms with Crippen molar-refractivity contribution in [2.75, 3.05) is 24.2 Å². The SMILES string of the molecule is CCOC(=O)c1c(NS(=O)(=O)CC(OC)C2CC2)nn(C)c1C. The van der Waals surface area contributed by atoms with Crippen LogP contribution in [-0.2, 0) is 26.5 Å². The van der Waals surface area contributed by atoms with Crippen molar-refractivity contribution in [3.63, 3.8) is 0 Å². The summed E-state index contributed by atoms with van der Waals surface area (Å²) >= 11 is 0. The summed E-state index contributed by atoms with van der Waals surface area (Å²) in [7, 11) is -0.540. The van der Waals surface area contributed by atoms with E-state index in [1.165, 1.54) is 11.8 Å². The van der Waals surface area contributed by atoms with E-state index in [1.54, 1.807) is 20.9 Å². The summed E-state index contributed by atoms with van der Waals surface area (Å²) in [6.45, 7) is 3.57. The molecule has 23 heavy (non-hydrogen) atoms. The molecule has 0 aromatic carbocycles. The summed E-state index contributed by atoms with van der Waals surface area (Å²) < 4.78 is 38.8. The summed E-state index contributed by atoms with van der Waals surface area (Å²) in [5.74, 6) is -0.478. The lowest BCUT2D eigenvalue weighted by molar-refractivity contribution is 0.0526. The highest BCUT2D eigenvalue weighted by Gasteiger charge is 2.35. The zero-order valence-electron chi connectivity index (χ0n) is 13.8. The van der Waals surface area contributed by atoms with Crippen molar-refractivity contribution in [2.24, 2.45) is 13.0 Å². The van der Waals surface area contributed by atoms with Gasteiger partial charge in [-0.15, -0.1) is 0 Å². The van der Waals surface area contributed by atoms with E-state index in [1.807, 2.05) is 0 Å². The quantitative estimate of drug-likeness (QED) is 0.708. The summed E-state index contributed by atoms with van der Waals surface area (Å²) in [4.78, 5) is 12.0. The van der Waals surface area contributed by atoms with Crippen molar-refractivity contribution in [2.45, 2.75) is 32.8 Å². The molecule has 0 spiro atoms. The minimum Gasteiger partial charge on any atom is -0.462 e. The molecule has 1 N–H and O–H groups in total. The van der Waals surface area contributed by atoms with Gasteiger partial charge in [-0.05, 0) is 32.6 Å². The molecular formula is C14H23N3O5S. The highest BCUT2D eigenvalue weighted by atomic mass is 32.2. The van der Waals surface area contributed by atoms with Gasteiger partial charge in [0, 0.05) is 14.2 Å². The van der Waals surface area contributed by atoms with Crippen LogP contribution in [0.4, 0.5) is 5.82 Å². The van der Waals surface area contributed by atoms with Crippen LogP contribution < -0.4 is 4.72 Å². The number of hydrogen-bond acceptors (Lipinski definition) is 6. The predicted molar refractivity (Wildman–Crippen MR) is 84.8 cm³/mol. The molecule has 1 aromatic heterocycles. The number of anilines is 1. The van der Waals surface area contributed by atoms with Gasteiger partial charge >= 0.3 is 5.97 Å². The number of ether oxygens (including phenoxy) is 2. The molecule has 1 fully saturated rings. The molecule has 1 aliphatic rings. The molecule has 8 nitrogen and oxygen atoms in total. The van der Waals surface area contributed by atoms with Crippen molar-refractivity contribution in [3.8, 4) is 0 Å². The van der Waals surface area contributed by atoms with Crippen LogP contribution in [0.1, 0.15) is 35.8 Å². The molecule has 0 radical (unpaired) electrons. The first-order chi connectivity index (χ1) is 10.8. The van der Waals surface area contributed by atoms with E-state index >= 15 is 0 Å². The standard InChI is InChI=1S/C14H23N3O5S/c1-5-22-14(18)12-9(2)17(3)15-13(12)16-23(19,20)8-11(21-4)10-6-7-10/h10-11H,5-8H2,1-4H3,(H,15,16). The van der Waals surface area contributed by atoms with Crippen LogP contribution in [0.3, 0.4) is 0 Å². The lowest BCUT2D eigenvalue weighted by Gasteiger charge is -2.15. The Morgan fingerprint density at radius 3 is 2.65 bits per heavy atom. The molecular weight excluding hydrogens is 322 g/mol. The highest BCUT2D eigenvalue weighted by molar-refractivity contribution is 7.92. The van der Waals surface area contributed by atoms with Gasteiger partial charge < -0.3 is 9.47 Å². The van der Waals surface area contributed by atoms with Gasteiger partial charge in [0.15, 0.2) is 5.82 Å². The second kappa shape index (κ2) is 6.88. The lowest BCUT2D eigenvalue weighted by Crippen LogP contribution is -2.29. The molecule has 9 heteroatoms. The summed E-state index contributed by atoms with van der Waals surface area (Å²) in [5.41, 5.74) is 0.671. The average Bonchev–Trinajstić information content (AvgIpc) is 3.25. The Morgan fingerprint density at radius 1 is 1.48 bits per heavy atom. The molecule has 2 rings (SSSR count). The molecule has 0 bridgehead atoms. The van der Waals surface area contributed by atoms with Gasteiger partial charge in [0.25, 0.3) is 0 Å². The van der Waals surface area contributed by atoms with Crippen LogP contribution in [0, 0.1) is 12.8 Å². The number of sulfonamides is 1. The molecule has 1 saturated carbocycles. The van der Waals surface area contributed by atoms with Gasteiger partial charge in [0.05, 0.1) is 24.2 Å². The smallest absolute Gasteiger partial charge is 0.343 e. The van der Waals surface area contributed by atoms with Crippen LogP contribution in [0.2, 0.25) is 0 Å². The van der Waals surface area contributed by atoms with Crippen molar-refractivity contribution in [1.29, 1.82) is 0 Å². The van der Waals surface area contributed by atoms with E-state index < -0.39 is 16.0 Å². The molecule has 1 unspecified atom stereocenters. The van der Waals surface area contributed by atoms with Crippen LogP contribution in [0.25, 0.3) is 0 Å². The van der Waals surface area contributed by atoms with Crippen LogP contribution >= 0.6 is 0 Å². The zero-order chi connectivity index (χ0) is 17.2. The molecule has 1 aromatic rings. The van der Waals surface area contributed by atoms with Gasteiger partial charge in [0.2, 0.25) is 10.0 Å². The minimum atomic E-state index is -3.68. The third-order valence-corrected chi connectivity index (χ3v) is 5.17. The van der Waals surface area contributed by atoms with Gasteiger partial charge in [-0.3, -0.25) is 9.40 Å². The second-order valence-electron chi connectivity index (χ2n) is 5.65. The number of esters is 1. The molecule has 0 aliphatic heterocycles. The fourth-order valence-corrected chi connectivity index (χ4v) is 3.76. The monoisotopic (exact) mass is 345 g/mol. The molecule has 1 atom stereocenters. The number of carbonyl (C=O) groups is 1. The summed E-state index contributed by atoms with van der Waals surface area (Å²) in [6.07, 6.45) is 1.61. The Balaban J connectivity index is 2.21. The van der Waals surface area contributed by atoms with Gasteiger partial charge in [-0.1, -0.05) is 0 Å².